The predicted octanol–water partition coefficient (Wildman–Crippen LogP) is 5.52. The molecule has 1 aliphatic heterocycles. The van der Waals surface area contributed by atoms with Crippen molar-refractivity contribution in [2.24, 2.45) is 0 Å². The van der Waals surface area contributed by atoms with Crippen LogP contribution in [-0.4, -0.2) is 65.6 Å². The molecule has 0 bridgehead atoms. The van der Waals surface area contributed by atoms with Gasteiger partial charge in [0.15, 0.2) is 0 Å². The van der Waals surface area contributed by atoms with Crippen LogP contribution in [0.5, 0.6) is 5.75 Å². The molecule has 0 spiro atoms. The normalized spacial score (nSPS) is 12.9. The lowest BCUT2D eigenvalue weighted by Gasteiger charge is -2.31. The number of benzene rings is 3. The van der Waals surface area contributed by atoms with Crippen LogP contribution >= 0.6 is 0 Å². The van der Waals surface area contributed by atoms with E-state index in [-0.39, 0.29) is 25.5 Å². The number of amides is 2. The molecule has 12 heteroatoms. The van der Waals surface area contributed by atoms with Gasteiger partial charge in [-0.25, -0.2) is 5.06 Å². The third-order valence-corrected chi connectivity index (χ3v) is 9.28. The summed E-state index contributed by atoms with van der Waals surface area (Å²) in [5.74, 6) is 0.522. The lowest BCUT2D eigenvalue weighted by Crippen LogP contribution is -2.35. The van der Waals surface area contributed by atoms with Gasteiger partial charge in [0.25, 0.3) is 10.1 Å². The first-order valence-electron chi connectivity index (χ1n) is 16.1. The monoisotopic (exact) mass is 674 g/mol. The number of anilines is 1. The molecule has 3 aromatic carbocycles. The molecule has 11 nitrogen and oxygen atoms in total. The minimum Gasteiger partial charge on any atom is -0.493 e. The van der Waals surface area contributed by atoms with Crippen LogP contribution in [0.2, 0.25) is 0 Å². The predicted molar refractivity (Wildman–Crippen MR) is 183 cm³/mol. The second kappa shape index (κ2) is 16.1. The van der Waals surface area contributed by atoms with E-state index in [0.717, 1.165) is 62.7 Å². The Morgan fingerprint density at radius 1 is 1.06 bits per heavy atom. The van der Waals surface area contributed by atoms with Crippen molar-refractivity contribution >= 4 is 28.1 Å². The van der Waals surface area contributed by atoms with Gasteiger partial charge >= 0.3 is 0 Å². The number of nitrogens with zero attached hydrogens (tertiary/aromatic N) is 4. The largest absolute Gasteiger partial charge is 0.493 e. The van der Waals surface area contributed by atoms with Crippen molar-refractivity contribution in [1.82, 2.24) is 14.8 Å². The Hall–Kier alpha value is -4.52. The molecular formula is C36H42N4O7S. The van der Waals surface area contributed by atoms with Crippen LogP contribution in [0.3, 0.4) is 0 Å². The number of rotatable bonds is 16. The maximum absolute atomic E-state index is 13.4. The van der Waals surface area contributed by atoms with Crippen LogP contribution in [0.4, 0.5) is 5.69 Å². The molecule has 1 aliphatic rings. The van der Waals surface area contributed by atoms with Gasteiger partial charge in [0.1, 0.15) is 12.4 Å². The maximum Gasteiger partial charge on any atom is 0.264 e. The Labute approximate surface area is 281 Å². The van der Waals surface area contributed by atoms with Crippen molar-refractivity contribution in [3.63, 3.8) is 0 Å². The summed E-state index contributed by atoms with van der Waals surface area (Å²) >= 11 is 0. The quantitative estimate of drug-likeness (QED) is 0.0712. The summed E-state index contributed by atoms with van der Waals surface area (Å²) in [5.41, 5.74) is 8.30. The highest BCUT2D eigenvalue weighted by atomic mass is 32.2. The summed E-state index contributed by atoms with van der Waals surface area (Å²) < 4.78 is 38.6. The molecule has 4 aromatic rings. The fourth-order valence-electron chi connectivity index (χ4n) is 5.88. The van der Waals surface area contributed by atoms with E-state index in [1.165, 1.54) is 5.56 Å². The molecule has 5 rings (SSSR count). The number of hydrogen-bond donors (Lipinski definition) is 1. The summed E-state index contributed by atoms with van der Waals surface area (Å²) in [6.07, 6.45) is 7.23. The van der Waals surface area contributed by atoms with Gasteiger partial charge in [-0.15, -0.1) is 0 Å². The lowest BCUT2D eigenvalue weighted by atomic mass is 9.93. The summed E-state index contributed by atoms with van der Waals surface area (Å²) in [7, 11) is -4.10. The fourth-order valence-corrected chi connectivity index (χ4v) is 6.37. The number of hydrogen-bond acceptors (Lipinski definition) is 7. The Balaban J connectivity index is 1.18. The second-order valence-electron chi connectivity index (χ2n) is 12.0. The molecule has 254 valence electrons. The summed E-state index contributed by atoms with van der Waals surface area (Å²) in [6, 6.07) is 19.8. The molecule has 0 saturated carbocycles. The highest BCUT2D eigenvalue weighted by Crippen LogP contribution is 2.36. The van der Waals surface area contributed by atoms with Gasteiger partial charge in [-0.1, -0.05) is 48.5 Å². The van der Waals surface area contributed by atoms with E-state index < -0.39 is 15.9 Å². The number of carbonyl (C=O) groups is 2. The fraction of sp³-hybridized carbons (Fsp3) is 0.361. The van der Waals surface area contributed by atoms with Gasteiger partial charge in [-0.3, -0.25) is 23.7 Å². The topological polar surface area (TPSA) is 131 Å². The van der Waals surface area contributed by atoms with E-state index in [4.69, 9.17) is 14.1 Å². The Morgan fingerprint density at radius 2 is 1.85 bits per heavy atom. The minimum absolute atomic E-state index is 0.0391. The zero-order valence-corrected chi connectivity index (χ0v) is 28.2. The molecule has 0 aliphatic carbocycles. The molecular weight excluding hydrogens is 632 g/mol. The van der Waals surface area contributed by atoms with Crippen LogP contribution in [0.1, 0.15) is 53.5 Å². The SMILES string of the molecule is Cc1cccc(OCCCC(=O)N2CCCc3c(-c4cnn(Cc5cccc(CON(C=O)CCCS(=O)(=O)O)c5)c4)cccc32)c1C. The first kappa shape index (κ1) is 34.8. The van der Waals surface area contributed by atoms with Crippen molar-refractivity contribution in [2.45, 2.75) is 59.1 Å². The van der Waals surface area contributed by atoms with Crippen LogP contribution < -0.4 is 9.64 Å². The van der Waals surface area contributed by atoms with Gasteiger partial charge in [-0.2, -0.15) is 13.5 Å². The van der Waals surface area contributed by atoms with Crippen molar-refractivity contribution in [3.05, 3.63) is 101 Å². The smallest absolute Gasteiger partial charge is 0.264 e. The molecule has 0 fully saturated rings. The zero-order valence-electron chi connectivity index (χ0n) is 27.4. The summed E-state index contributed by atoms with van der Waals surface area (Å²) in [5, 5.41) is 5.64. The van der Waals surface area contributed by atoms with E-state index in [9.17, 15) is 18.0 Å². The minimum atomic E-state index is -4.10. The van der Waals surface area contributed by atoms with E-state index in [0.29, 0.717) is 38.9 Å². The third-order valence-electron chi connectivity index (χ3n) is 8.47. The number of fused-ring (bicyclic) bond motifs is 1. The Bertz CT molecular complexity index is 1840. The van der Waals surface area contributed by atoms with Crippen molar-refractivity contribution in [3.8, 4) is 16.9 Å². The van der Waals surface area contributed by atoms with E-state index in [2.05, 4.69) is 24.2 Å². The van der Waals surface area contributed by atoms with E-state index in [1.54, 1.807) is 0 Å². The van der Waals surface area contributed by atoms with Crippen molar-refractivity contribution in [2.75, 3.05) is 30.3 Å². The second-order valence-corrected chi connectivity index (χ2v) is 13.6. The zero-order chi connectivity index (χ0) is 34.1. The third kappa shape index (κ3) is 9.30. The first-order chi connectivity index (χ1) is 23.1. The average molecular weight is 675 g/mol. The number of ether oxygens (including phenoxy) is 1. The molecule has 0 unspecified atom stereocenters. The molecule has 2 amide bonds. The average Bonchev–Trinajstić information content (AvgIpc) is 3.53. The highest BCUT2D eigenvalue weighted by Gasteiger charge is 2.25. The molecule has 0 atom stereocenters. The lowest BCUT2D eigenvalue weighted by molar-refractivity contribution is -0.177. The molecule has 1 aromatic heterocycles. The van der Waals surface area contributed by atoms with Crippen LogP contribution in [-0.2, 0) is 44.1 Å². The van der Waals surface area contributed by atoms with E-state index in [1.807, 2.05) is 77.4 Å². The molecule has 2 heterocycles. The van der Waals surface area contributed by atoms with Gasteiger partial charge in [0.05, 0.1) is 25.1 Å². The van der Waals surface area contributed by atoms with Gasteiger partial charge in [0.2, 0.25) is 12.3 Å². The molecule has 1 N–H and O–H groups in total. The van der Waals surface area contributed by atoms with Crippen LogP contribution in [0.15, 0.2) is 73.1 Å². The standard InChI is InChI=1S/C36H42N4O7S/c1-27-9-3-15-35(28(27)2)46-19-7-16-36(42)40-18-6-13-33-32(12-5-14-34(33)40)31-22-37-38(24-31)23-29-10-4-11-30(21-29)25-47-39(26-41)17-8-20-48(43,44)45/h3-5,9-12,14-15,21-22,24,26H,6-8,13,16-20,23,25H2,1-2H3,(H,43,44,45). The Morgan fingerprint density at radius 3 is 2.67 bits per heavy atom. The van der Waals surface area contributed by atoms with Gasteiger partial charge in [-0.05, 0) is 85.0 Å². The molecule has 0 saturated heterocycles. The van der Waals surface area contributed by atoms with E-state index >= 15 is 0 Å². The van der Waals surface area contributed by atoms with Crippen molar-refractivity contribution in [1.29, 1.82) is 0 Å². The Kier molecular flexibility index (Phi) is 11.6. The highest BCUT2D eigenvalue weighted by molar-refractivity contribution is 7.85. The molecule has 48 heavy (non-hydrogen) atoms. The number of hydroxylamine groups is 2. The van der Waals surface area contributed by atoms with Crippen LogP contribution in [0, 0.1) is 13.8 Å². The number of aryl methyl sites for hydroxylation is 1. The number of aromatic nitrogens is 2. The first-order valence-corrected chi connectivity index (χ1v) is 17.7. The van der Waals surface area contributed by atoms with Gasteiger partial charge < -0.3 is 9.64 Å². The van der Waals surface area contributed by atoms with Crippen molar-refractivity contribution < 1.29 is 32.1 Å². The summed E-state index contributed by atoms with van der Waals surface area (Å²) in [6.45, 7) is 5.97. The molecule has 0 radical (unpaired) electrons. The summed E-state index contributed by atoms with van der Waals surface area (Å²) in [4.78, 5) is 32.1. The maximum atomic E-state index is 13.4. The van der Waals surface area contributed by atoms with Crippen LogP contribution in [0.25, 0.3) is 11.1 Å². The number of carbonyl (C=O) groups excluding carboxylic acids is 2. The van der Waals surface area contributed by atoms with Gasteiger partial charge in [0, 0.05) is 37.0 Å².